The summed E-state index contributed by atoms with van der Waals surface area (Å²) >= 11 is 0. The van der Waals surface area contributed by atoms with Gasteiger partial charge in [-0.05, 0) is 30.2 Å². The number of hydrogen-bond acceptors (Lipinski definition) is 4. The largest absolute Gasteiger partial charge is 0.497 e. The summed E-state index contributed by atoms with van der Waals surface area (Å²) in [6, 6.07) is 7.48. The van der Waals surface area contributed by atoms with Crippen molar-refractivity contribution in [2.45, 2.75) is 13.8 Å². The lowest BCUT2D eigenvalue weighted by Gasteiger charge is -2.23. The predicted molar refractivity (Wildman–Crippen MR) is 105 cm³/mol. The van der Waals surface area contributed by atoms with Crippen molar-refractivity contribution in [1.29, 1.82) is 0 Å². The van der Waals surface area contributed by atoms with Crippen molar-refractivity contribution in [3.8, 4) is 11.5 Å². The summed E-state index contributed by atoms with van der Waals surface area (Å²) in [4.78, 5) is 19.7. The van der Waals surface area contributed by atoms with E-state index >= 15 is 0 Å². The quantitative estimate of drug-likeness (QED) is 0.534. The lowest BCUT2D eigenvalue weighted by molar-refractivity contribution is -0.127. The Labute approximate surface area is 157 Å². The van der Waals surface area contributed by atoms with Gasteiger partial charge in [0.25, 0.3) is 0 Å². The van der Waals surface area contributed by atoms with Gasteiger partial charge in [0.1, 0.15) is 24.7 Å². The lowest BCUT2D eigenvalue weighted by atomic mass is 10.2. The van der Waals surface area contributed by atoms with Crippen LogP contribution in [0.2, 0.25) is 0 Å². The first kappa shape index (κ1) is 21.6. The number of aliphatic imine (C=N–C) groups is 1. The van der Waals surface area contributed by atoms with Crippen molar-refractivity contribution in [2.75, 3.05) is 54.5 Å². The molecule has 146 valence electrons. The second kappa shape index (κ2) is 11.2. The third kappa shape index (κ3) is 8.09. The topological polar surface area (TPSA) is 66.4 Å². The Bertz CT molecular complexity index is 571. The van der Waals surface area contributed by atoms with Crippen LogP contribution in [-0.4, -0.2) is 76.2 Å². The Morgan fingerprint density at radius 1 is 1.15 bits per heavy atom. The fraction of sp³-hybridized carbons (Fsp3) is 0.579. The van der Waals surface area contributed by atoms with Crippen molar-refractivity contribution in [3.05, 3.63) is 24.3 Å². The maximum atomic E-state index is 11.8. The van der Waals surface area contributed by atoms with E-state index in [0.29, 0.717) is 25.0 Å². The van der Waals surface area contributed by atoms with Gasteiger partial charge in [-0.2, -0.15) is 0 Å². The summed E-state index contributed by atoms with van der Waals surface area (Å²) in [7, 11) is 7.03. The Hall–Kier alpha value is -2.44. The monoisotopic (exact) mass is 364 g/mol. The summed E-state index contributed by atoms with van der Waals surface area (Å²) in [5, 5.41) is 3.31. The molecule has 0 saturated carbocycles. The lowest BCUT2D eigenvalue weighted by Crippen LogP contribution is -2.43. The molecule has 0 aliphatic carbocycles. The van der Waals surface area contributed by atoms with E-state index in [1.165, 1.54) is 4.90 Å². The Morgan fingerprint density at radius 3 is 2.31 bits per heavy atom. The number of carbonyl (C=O) groups excluding carboxylic acids is 1. The maximum absolute atomic E-state index is 11.8. The molecule has 0 unspecified atom stereocenters. The van der Waals surface area contributed by atoms with Gasteiger partial charge in [0.05, 0.1) is 13.7 Å². The highest BCUT2D eigenvalue weighted by molar-refractivity contribution is 5.84. The van der Waals surface area contributed by atoms with E-state index in [-0.39, 0.29) is 12.5 Å². The van der Waals surface area contributed by atoms with Crippen molar-refractivity contribution in [2.24, 2.45) is 10.9 Å². The fourth-order valence-corrected chi connectivity index (χ4v) is 1.97. The molecule has 0 radical (unpaired) electrons. The second-order valence-electron chi connectivity index (χ2n) is 6.65. The molecule has 7 nitrogen and oxygen atoms in total. The SMILES string of the molecule is COc1ccc(OCCN(C)C(=NCC(=O)N(C)C)NCC(C)C)cc1. The number of guanidine groups is 1. The van der Waals surface area contributed by atoms with Crippen LogP contribution in [0.3, 0.4) is 0 Å². The number of hydrogen-bond donors (Lipinski definition) is 1. The smallest absolute Gasteiger partial charge is 0.243 e. The Kier molecular flexibility index (Phi) is 9.33. The van der Waals surface area contributed by atoms with E-state index in [4.69, 9.17) is 9.47 Å². The van der Waals surface area contributed by atoms with Crippen LogP contribution >= 0.6 is 0 Å². The third-order valence-electron chi connectivity index (χ3n) is 3.65. The van der Waals surface area contributed by atoms with Gasteiger partial charge in [0.2, 0.25) is 5.91 Å². The van der Waals surface area contributed by atoms with Crippen molar-refractivity contribution in [3.63, 3.8) is 0 Å². The molecule has 1 aromatic carbocycles. The summed E-state index contributed by atoms with van der Waals surface area (Å²) < 4.78 is 10.9. The average molecular weight is 364 g/mol. The van der Waals surface area contributed by atoms with Gasteiger partial charge in [-0.1, -0.05) is 13.8 Å². The third-order valence-corrected chi connectivity index (χ3v) is 3.65. The zero-order chi connectivity index (χ0) is 19.5. The molecule has 0 heterocycles. The number of methoxy groups -OCH3 is 1. The number of nitrogens with one attached hydrogen (secondary N) is 1. The second-order valence-corrected chi connectivity index (χ2v) is 6.65. The molecule has 0 saturated heterocycles. The summed E-state index contributed by atoms with van der Waals surface area (Å²) in [5.41, 5.74) is 0. The van der Waals surface area contributed by atoms with Crippen LogP contribution in [0.1, 0.15) is 13.8 Å². The fourth-order valence-electron chi connectivity index (χ4n) is 1.97. The van der Waals surface area contributed by atoms with E-state index in [0.717, 1.165) is 18.0 Å². The van der Waals surface area contributed by atoms with Gasteiger partial charge in [-0.3, -0.25) is 4.79 Å². The van der Waals surface area contributed by atoms with Crippen LogP contribution in [0.4, 0.5) is 0 Å². The molecular formula is C19H32N4O3. The molecule has 0 fully saturated rings. The molecule has 0 aromatic heterocycles. The van der Waals surface area contributed by atoms with E-state index in [9.17, 15) is 4.79 Å². The van der Waals surface area contributed by atoms with Gasteiger partial charge >= 0.3 is 0 Å². The molecule has 26 heavy (non-hydrogen) atoms. The first-order chi connectivity index (χ1) is 12.3. The average Bonchev–Trinajstić information content (AvgIpc) is 2.61. The zero-order valence-electron chi connectivity index (χ0n) is 16.8. The number of carbonyl (C=O) groups is 1. The van der Waals surface area contributed by atoms with E-state index in [2.05, 4.69) is 24.2 Å². The minimum atomic E-state index is -0.0308. The Morgan fingerprint density at radius 2 is 1.77 bits per heavy atom. The molecule has 0 bridgehead atoms. The molecule has 7 heteroatoms. The number of likely N-dealkylation sites (N-methyl/N-ethyl adjacent to an activating group) is 2. The number of benzene rings is 1. The van der Waals surface area contributed by atoms with Crippen molar-refractivity contribution < 1.29 is 14.3 Å². The van der Waals surface area contributed by atoms with Crippen molar-refractivity contribution in [1.82, 2.24) is 15.1 Å². The number of rotatable bonds is 9. The first-order valence-electron chi connectivity index (χ1n) is 8.80. The maximum Gasteiger partial charge on any atom is 0.243 e. The molecule has 1 N–H and O–H groups in total. The molecule has 0 spiro atoms. The highest BCUT2D eigenvalue weighted by Gasteiger charge is 2.10. The molecule has 0 atom stereocenters. The summed E-state index contributed by atoms with van der Waals surface area (Å²) in [6.07, 6.45) is 0. The zero-order valence-corrected chi connectivity index (χ0v) is 16.8. The van der Waals surface area contributed by atoms with Gasteiger partial charge in [-0.15, -0.1) is 0 Å². The summed E-state index contributed by atoms with van der Waals surface area (Å²) in [5.74, 6) is 2.74. The van der Waals surface area contributed by atoms with Crippen molar-refractivity contribution >= 4 is 11.9 Å². The van der Waals surface area contributed by atoms with Crippen LogP contribution in [0, 0.1) is 5.92 Å². The normalized spacial score (nSPS) is 11.3. The number of amides is 1. The molecule has 1 amide bonds. The minimum Gasteiger partial charge on any atom is -0.497 e. The standard InChI is InChI=1S/C19H32N4O3/c1-15(2)13-20-19(21-14-18(24)22(3)4)23(5)11-12-26-17-9-7-16(25-6)8-10-17/h7-10,15H,11-14H2,1-6H3,(H,20,21). The van der Waals surface area contributed by atoms with Crippen LogP contribution in [-0.2, 0) is 4.79 Å². The molecular weight excluding hydrogens is 332 g/mol. The van der Waals surface area contributed by atoms with E-state index in [1.54, 1.807) is 21.2 Å². The highest BCUT2D eigenvalue weighted by Crippen LogP contribution is 2.16. The number of nitrogens with zero attached hydrogens (tertiary/aromatic N) is 3. The highest BCUT2D eigenvalue weighted by atomic mass is 16.5. The van der Waals surface area contributed by atoms with Gasteiger partial charge in [-0.25, -0.2) is 4.99 Å². The number of ether oxygens (including phenoxy) is 2. The van der Waals surface area contributed by atoms with Crippen LogP contribution < -0.4 is 14.8 Å². The molecule has 0 aliphatic heterocycles. The molecule has 1 rings (SSSR count). The van der Waals surface area contributed by atoms with Gasteiger partial charge in [0.15, 0.2) is 5.96 Å². The predicted octanol–water partition coefficient (Wildman–Crippen LogP) is 1.70. The Balaban J connectivity index is 2.58. The first-order valence-corrected chi connectivity index (χ1v) is 8.80. The summed E-state index contributed by atoms with van der Waals surface area (Å²) in [6.45, 7) is 6.32. The molecule has 0 aliphatic rings. The van der Waals surface area contributed by atoms with Gasteiger partial charge in [0, 0.05) is 27.7 Å². The van der Waals surface area contributed by atoms with E-state index < -0.39 is 0 Å². The van der Waals surface area contributed by atoms with Crippen LogP contribution in [0.15, 0.2) is 29.3 Å². The van der Waals surface area contributed by atoms with Gasteiger partial charge < -0.3 is 24.6 Å². The minimum absolute atomic E-state index is 0.0308. The van der Waals surface area contributed by atoms with E-state index in [1.807, 2.05) is 36.2 Å². The molecule has 1 aromatic rings. The van der Waals surface area contributed by atoms with Crippen LogP contribution in [0.25, 0.3) is 0 Å². The van der Waals surface area contributed by atoms with Crippen LogP contribution in [0.5, 0.6) is 11.5 Å².